The first kappa shape index (κ1) is 12.7. The smallest absolute Gasteiger partial charge is 0.335 e. The Bertz CT molecular complexity index is 798. The average molecular weight is 286 g/mol. The van der Waals surface area contributed by atoms with Crippen molar-refractivity contribution in [1.82, 2.24) is 9.97 Å². The maximum Gasteiger partial charge on any atom is 0.335 e. The lowest BCUT2D eigenvalue weighted by atomic mass is 10.1. The van der Waals surface area contributed by atoms with Crippen molar-refractivity contribution in [3.05, 3.63) is 48.2 Å². The quantitative estimate of drug-likeness (QED) is 0.744. The van der Waals surface area contributed by atoms with Crippen LogP contribution in [0.25, 0.3) is 10.9 Å². The van der Waals surface area contributed by atoms with E-state index in [1.165, 1.54) is 18.1 Å². The lowest BCUT2D eigenvalue weighted by Gasteiger charge is -2.04. The third kappa shape index (κ3) is 2.25. The van der Waals surface area contributed by atoms with E-state index >= 15 is 0 Å². The predicted octanol–water partition coefficient (Wildman–Crippen LogP) is 3.38. The molecule has 0 radical (unpaired) electrons. The molecule has 0 bridgehead atoms. The molecule has 0 aliphatic heterocycles. The van der Waals surface area contributed by atoms with Gasteiger partial charge in [-0.05, 0) is 31.2 Å². The number of benzene rings is 1. The maximum atomic E-state index is 11.0. The second kappa shape index (κ2) is 4.97. The van der Waals surface area contributed by atoms with Crippen LogP contribution in [0, 0.1) is 6.92 Å². The molecule has 0 atom stereocenters. The summed E-state index contributed by atoms with van der Waals surface area (Å²) in [7, 11) is 0. The van der Waals surface area contributed by atoms with E-state index in [2.05, 4.69) is 9.97 Å². The van der Waals surface area contributed by atoms with Gasteiger partial charge in [0.15, 0.2) is 0 Å². The van der Waals surface area contributed by atoms with Gasteiger partial charge in [0.05, 0.1) is 22.2 Å². The molecule has 0 saturated heterocycles. The van der Waals surface area contributed by atoms with E-state index in [0.29, 0.717) is 5.52 Å². The molecule has 1 aromatic carbocycles. The summed E-state index contributed by atoms with van der Waals surface area (Å²) in [5.41, 5.74) is 0.829. The number of carboxylic acids is 1. The molecule has 0 aliphatic carbocycles. The lowest BCUT2D eigenvalue weighted by molar-refractivity contribution is 0.0697. The van der Waals surface area contributed by atoms with Crippen LogP contribution < -0.4 is 0 Å². The van der Waals surface area contributed by atoms with Crippen LogP contribution in [0.4, 0.5) is 0 Å². The molecule has 3 rings (SSSR count). The number of aryl methyl sites for hydroxylation is 1. The minimum Gasteiger partial charge on any atom is -0.478 e. The molecule has 0 unspecified atom stereocenters. The second-order valence-corrected chi connectivity index (χ2v) is 5.19. The van der Waals surface area contributed by atoms with Crippen LogP contribution in [0.2, 0.25) is 0 Å². The van der Waals surface area contributed by atoms with Crippen LogP contribution in [0.3, 0.4) is 0 Å². The highest BCUT2D eigenvalue weighted by molar-refractivity contribution is 7.99. The third-order valence-corrected chi connectivity index (χ3v) is 4.03. The first-order valence-corrected chi connectivity index (χ1v) is 6.67. The molecule has 0 aliphatic rings. The molecule has 20 heavy (non-hydrogen) atoms. The van der Waals surface area contributed by atoms with Gasteiger partial charge in [-0.25, -0.2) is 14.8 Å². The topological polar surface area (TPSA) is 76.2 Å². The fourth-order valence-electron chi connectivity index (χ4n) is 1.83. The second-order valence-electron chi connectivity index (χ2n) is 4.16. The maximum absolute atomic E-state index is 11.0. The van der Waals surface area contributed by atoms with E-state index in [9.17, 15) is 4.79 Å². The van der Waals surface area contributed by atoms with Crippen LogP contribution in [0.1, 0.15) is 16.1 Å². The third-order valence-electron chi connectivity index (χ3n) is 2.86. The van der Waals surface area contributed by atoms with E-state index in [1.54, 1.807) is 24.5 Å². The van der Waals surface area contributed by atoms with Crippen molar-refractivity contribution in [3.63, 3.8) is 0 Å². The van der Waals surface area contributed by atoms with Crippen molar-refractivity contribution in [2.24, 2.45) is 0 Å². The Morgan fingerprint density at radius 1 is 1.30 bits per heavy atom. The minimum absolute atomic E-state index is 0.214. The van der Waals surface area contributed by atoms with Gasteiger partial charge in [-0.3, -0.25) is 0 Å². The number of carboxylic acid groups (broad SMARTS) is 1. The highest BCUT2D eigenvalue weighted by atomic mass is 32.2. The van der Waals surface area contributed by atoms with E-state index in [-0.39, 0.29) is 5.56 Å². The summed E-state index contributed by atoms with van der Waals surface area (Å²) >= 11 is 1.47. The minimum atomic E-state index is -0.967. The van der Waals surface area contributed by atoms with E-state index in [1.807, 2.05) is 13.0 Å². The largest absolute Gasteiger partial charge is 0.478 e. The van der Waals surface area contributed by atoms with Gasteiger partial charge in [0.25, 0.3) is 0 Å². The molecule has 0 fully saturated rings. The highest BCUT2D eigenvalue weighted by Gasteiger charge is 2.11. The summed E-state index contributed by atoms with van der Waals surface area (Å²) in [6.07, 6.45) is 3.06. The van der Waals surface area contributed by atoms with Crippen LogP contribution in [-0.2, 0) is 0 Å². The van der Waals surface area contributed by atoms with Crippen molar-refractivity contribution < 1.29 is 14.3 Å². The number of rotatable bonds is 3. The fourth-order valence-corrected chi connectivity index (χ4v) is 2.74. The van der Waals surface area contributed by atoms with Gasteiger partial charge in [-0.2, -0.15) is 0 Å². The van der Waals surface area contributed by atoms with Crippen LogP contribution >= 0.6 is 11.8 Å². The van der Waals surface area contributed by atoms with Crippen LogP contribution in [-0.4, -0.2) is 21.0 Å². The standard InChI is InChI=1S/C14H10N2O3S/c1-8-12(4-5-19-8)20-13-10-3-2-9(14(17)18)6-11(10)15-7-16-13/h2-7H,1H3,(H,17,18). The number of hydrogen-bond acceptors (Lipinski definition) is 5. The van der Waals surface area contributed by atoms with Crippen LogP contribution in [0.5, 0.6) is 0 Å². The summed E-state index contributed by atoms with van der Waals surface area (Å²) in [4.78, 5) is 20.3. The van der Waals surface area contributed by atoms with Crippen molar-refractivity contribution in [2.75, 3.05) is 0 Å². The molecule has 100 valence electrons. The van der Waals surface area contributed by atoms with Gasteiger partial charge in [0.2, 0.25) is 0 Å². The first-order chi connectivity index (χ1) is 9.65. The molecule has 0 saturated carbocycles. The van der Waals surface area contributed by atoms with Gasteiger partial charge in [-0.1, -0.05) is 11.8 Å². The van der Waals surface area contributed by atoms with E-state index in [4.69, 9.17) is 9.52 Å². The average Bonchev–Trinajstić information content (AvgIpc) is 2.84. The molecule has 2 heterocycles. The van der Waals surface area contributed by atoms with Crippen molar-refractivity contribution in [1.29, 1.82) is 0 Å². The molecule has 2 aromatic heterocycles. The Morgan fingerprint density at radius 2 is 2.15 bits per heavy atom. The van der Waals surface area contributed by atoms with Crippen molar-refractivity contribution in [3.8, 4) is 0 Å². The molecule has 1 N–H and O–H groups in total. The number of hydrogen-bond donors (Lipinski definition) is 1. The van der Waals surface area contributed by atoms with Crippen molar-refractivity contribution >= 4 is 28.6 Å². The molecular weight excluding hydrogens is 276 g/mol. The molecular formula is C14H10N2O3S. The molecule has 0 spiro atoms. The normalized spacial score (nSPS) is 10.8. The van der Waals surface area contributed by atoms with E-state index < -0.39 is 5.97 Å². The molecule has 6 heteroatoms. The first-order valence-electron chi connectivity index (χ1n) is 5.85. The number of nitrogens with zero attached hydrogens (tertiary/aromatic N) is 2. The van der Waals surface area contributed by atoms with Gasteiger partial charge in [0.1, 0.15) is 17.1 Å². The number of aromatic carboxylic acids is 1. The zero-order valence-corrected chi connectivity index (χ0v) is 11.3. The Hall–Kier alpha value is -2.34. The van der Waals surface area contributed by atoms with Crippen LogP contribution in [0.15, 0.2) is 51.2 Å². The summed E-state index contributed by atoms with van der Waals surface area (Å²) < 4.78 is 5.26. The Balaban J connectivity index is 2.08. The van der Waals surface area contributed by atoms with Crippen molar-refractivity contribution in [2.45, 2.75) is 16.8 Å². The number of aromatic nitrogens is 2. The molecule has 0 amide bonds. The molecule has 3 aromatic rings. The zero-order chi connectivity index (χ0) is 14.1. The fraction of sp³-hybridized carbons (Fsp3) is 0.0714. The summed E-state index contributed by atoms with van der Waals surface area (Å²) in [5, 5.41) is 10.6. The van der Waals surface area contributed by atoms with Gasteiger partial charge >= 0.3 is 5.97 Å². The van der Waals surface area contributed by atoms with Gasteiger partial charge in [-0.15, -0.1) is 0 Å². The molecule has 5 nitrogen and oxygen atoms in total. The predicted molar refractivity (Wildman–Crippen MR) is 74.1 cm³/mol. The van der Waals surface area contributed by atoms with Gasteiger partial charge in [0, 0.05) is 5.39 Å². The highest BCUT2D eigenvalue weighted by Crippen LogP contribution is 2.33. The lowest BCUT2D eigenvalue weighted by Crippen LogP contribution is -1.96. The Labute approximate surface area is 118 Å². The Kier molecular flexibility index (Phi) is 3.15. The zero-order valence-electron chi connectivity index (χ0n) is 10.5. The SMILES string of the molecule is Cc1occc1Sc1ncnc2cc(C(=O)O)ccc12. The summed E-state index contributed by atoms with van der Waals surface area (Å²) in [6.45, 7) is 1.88. The Morgan fingerprint density at radius 3 is 2.85 bits per heavy atom. The number of fused-ring (bicyclic) bond motifs is 1. The summed E-state index contributed by atoms with van der Waals surface area (Å²) in [5.74, 6) is -0.144. The number of furan rings is 1. The van der Waals surface area contributed by atoms with E-state index in [0.717, 1.165) is 21.1 Å². The van der Waals surface area contributed by atoms with Gasteiger partial charge < -0.3 is 9.52 Å². The summed E-state index contributed by atoms with van der Waals surface area (Å²) in [6, 6.07) is 6.71. The number of carbonyl (C=O) groups is 1. The monoisotopic (exact) mass is 286 g/mol.